The lowest BCUT2D eigenvalue weighted by Gasteiger charge is -2.05. The number of hydrogen-bond donors (Lipinski definition) is 1. The van der Waals surface area contributed by atoms with Crippen LogP contribution in [-0.2, 0) is 4.79 Å². The third-order valence-electron chi connectivity index (χ3n) is 2.08. The van der Waals surface area contributed by atoms with Gasteiger partial charge in [-0.15, -0.1) is 0 Å². The topological polar surface area (TPSA) is 37.3 Å². The summed E-state index contributed by atoms with van der Waals surface area (Å²) in [4.78, 5) is 10.9. The van der Waals surface area contributed by atoms with Gasteiger partial charge in [0, 0.05) is 5.57 Å². The number of carbonyl (C=O) groups excluding carboxylic acids is 1. The first-order valence-electron chi connectivity index (χ1n) is 4.72. The van der Waals surface area contributed by atoms with Crippen molar-refractivity contribution < 1.29 is 9.90 Å². The van der Waals surface area contributed by atoms with Gasteiger partial charge in [0.1, 0.15) is 6.10 Å². The van der Waals surface area contributed by atoms with Gasteiger partial charge < -0.3 is 5.11 Å². The number of Topliss-reactive ketones (excluding diaryl/α,β-unsaturated/α-hetero) is 1. The zero-order chi connectivity index (χ0) is 11.3. The van der Waals surface area contributed by atoms with Crippen molar-refractivity contribution in [2.24, 2.45) is 0 Å². The molecule has 0 radical (unpaired) electrons. The van der Waals surface area contributed by atoms with Crippen LogP contribution in [0.4, 0.5) is 0 Å². The highest BCUT2D eigenvalue weighted by molar-refractivity contribution is 5.94. The average Bonchev–Trinajstić information content (AvgIpc) is 2.26. The minimum Gasteiger partial charge on any atom is -0.384 e. The molecule has 0 fully saturated rings. The smallest absolute Gasteiger partial charge is 0.158 e. The van der Waals surface area contributed by atoms with Crippen molar-refractivity contribution in [1.82, 2.24) is 0 Å². The number of rotatable bonds is 4. The molecule has 0 saturated heterocycles. The van der Waals surface area contributed by atoms with Crippen molar-refractivity contribution in [3.05, 3.63) is 54.1 Å². The number of carbonyl (C=O) groups is 1. The highest BCUT2D eigenvalue weighted by Gasteiger charge is 2.08. The third kappa shape index (κ3) is 3.52. The maximum Gasteiger partial charge on any atom is 0.158 e. The van der Waals surface area contributed by atoms with E-state index in [0.29, 0.717) is 0 Å². The van der Waals surface area contributed by atoms with E-state index in [1.807, 2.05) is 30.3 Å². The molecule has 0 aliphatic heterocycles. The van der Waals surface area contributed by atoms with Gasteiger partial charge in [-0.2, -0.15) is 0 Å². The van der Waals surface area contributed by atoms with Crippen molar-refractivity contribution >= 4 is 11.9 Å². The van der Waals surface area contributed by atoms with E-state index in [-0.39, 0.29) is 11.4 Å². The number of benzene rings is 1. The Morgan fingerprint density at radius 3 is 2.53 bits per heavy atom. The number of ketones is 1. The van der Waals surface area contributed by atoms with Gasteiger partial charge in [-0.3, -0.25) is 4.79 Å². The largest absolute Gasteiger partial charge is 0.384 e. The second-order valence-corrected chi connectivity index (χ2v) is 3.30. The molecule has 0 aromatic heterocycles. The summed E-state index contributed by atoms with van der Waals surface area (Å²) < 4.78 is 0. The standard InChI is InChI=1S/C13H14O2/c1-10(11(2)14)13(15)9-8-12-6-4-3-5-7-12/h3-9,13,15H,1H2,2H3/b9-8+. The molecule has 2 heteroatoms. The van der Waals surface area contributed by atoms with Crippen LogP contribution in [0.5, 0.6) is 0 Å². The molecule has 0 saturated carbocycles. The maximum atomic E-state index is 10.9. The second kappa shape index (κ2) is 5.27. The van der Waals surface area contributed by atoms with Crippen LogP contribution in [0.3, 0.4) is 0 Å². The number of aliphatic hydroxyl groups is 1. The molecule has 1 rings (SSSR count). The quantitative estimate of drug-likeness (QED) is 0.760. The second-order valence-electron chi connectivity index (χ2n) is 3.30. The molecule has 15 heavy (non-hydrogen) atoms. The zero-order valence-electron chi connectivity index (χ0n) is 8.68. The van der Waals surface area contributed by atoms with E-state index in [2.05, 4.69) is 6.58 Å². The molecule has 78 valence electrons. The summed E-state index contributed by atoms with van der Waals surface area (Å²) in [5, 5.41) is 9.54. The van der Waals surface area contributed by atoms with Crippen LogP contribution in [-0.4, -0.2) is 17.0 Å². The Morgan fingerprint density at radius 2 is 2.00 bits per heavy atom. The van der Waals surface area contributed by atoms with Crippen molar-refractivity contribution in [3.63, 3.8) is 0 Å². The van der Waals surface area contributed by atoms with Crippen LogP contribution in [0.25, 0.3) is 6.08 Å². The average molecular weight is 202 g/mol. The molecule has 2 nitrogen and oxygen atoms in total. The summed E-state index contributed by atoms with van der Waals surface area (Å²) in [7, 11) is 0. The van der Waals surface area contributed by atoms with Crippen molar-refractivity contribution in [2.75, 3.05) is 0 Å². The highest BCUT2D eigenvalue weighted by atomic mass is 16.3. The van der Waals surface area contributed by atoms with Crippen LogP contribution >= 0.6 is 0 Å². The van der Waals surface area contributed by atoms with Crippen molar-refractivity contribution in [2.45, 2.75) is 13.0 Å². The fourth-order valence-electron chi connectivity index (χ4n) is 1.09. The summed E-state index contributed by atoms with van der Waals surface area (Å²) in [6, 6.07) is 9.57. The fraction of sp³-hybridized carbons (Fsp3) is 0.154. The molecule has 1 aromatic rings. The normalized spacial score (nSPS) is 12.7. The van der Waals surface area contributed by atoms with Crippen LogP contribution in [0.2, 0.25) is 0 Å². The lowest BCUT2D eigenvalue weighted by atomic mass is 10.1. The Kier molecular flexibility index (Phi) is 4.01. The molecule has 0 amide bonds. The van der Waals surface area contributed by atoms with E-state index in [9.17, 15) is 9.90 Å². The van der Waals surface area contributed by atoms with Gasteiger partial charge in [0.2, 0.25) is 0 Å². The molecule has 0 aliphatic rings. The Bertz CT molecular complexity index is 377. The maximum absolute atomic E-state index is 10.9. The van der Waals surface area contributed by atoms with Crippen LogP contribution in [0, 0.1) is 0 Å². The Labute approximate surface area is 89.6 Å². The van der Waals surface area contributed by atoms with E-state index >= 15 is 0 Å². The van der Waals surface area contributed by atoms with Crippen molar-refractivity contribution in [1.29, 1.82) is 0 Å². The third-order valence-corrected chi connectivity index (χ3v) is 2.08. The molecule has 0 aliphatic carbocycles. The van der Waals surface area contributed by atoms with E-state index in [1.54, 1.807) is 12.2 Å². The fourth-order valence-corrected chi connectivity index (χ4v) is 1.09. The predicted molar refractivity (Wildman–Crippen MR) is 61.3 cm³/mol. The minimum absolute atomic E-state index is 0.194. The molecule has 1 aromatic carbocycles. The first-order valence-corrected chi connectivity index (χ1v) is 4.72. The highest BCUT2D eigenvalue weighted by Crippen LogP contribution is 2.06. The summed E-state index contributed by atoms with van der Waals surface area (Å²) in [6.07, 6.45) is 2.42. The number of aliphatic hydroxyl groups excluding tert-OH is 1. The molecule has 1 N–H and O–H groups in total. The molecule has 0 spiro atoms. The first-order chi connectivity index (χ1) is 7.11. The number of hydrogen-bond acceptors (Lipinski definition) is 2. The molecular weight excluding hydrogens is 188 g/mol. The summed E-state index contributed by atoms with van der Waals surface area (Å²) >= 11 is 0. The Hall–Kier alpha value is -1.67. The van der Waals surface area contributed by atoms with Gasteiger partial charge in [0.15, 0.2) is 5.78 Å². The molecule has 1 unspecified atom stereocenters. The Morgan fingerprint density at radius 1 is 1.40 bits per heavy atom. The zero-order valence-corrected chi connectivity index (χ0v) is 8.68. The molecule has 1 atom stereocenters. The monoisotopic (exact) mass is 202 g/mol. The minimum atomic E-state index is -0.900. The van der Waals surface area contributed by atoms with Gasteiger partial charge in [0.05, 0.1) is 0 Å². The van der Waals surface area contributed by atoms with Gasteiger partial charge in [-0.1, -0.05) is 49.1 Å². The van der Waals surface area contributed by atoms with E-state index in [4.69, 9.17) is 0 Å². The predicted octanol–water partition coefficient (Wildman–Crippen LogP) is 2.21. The summed E-state index contributed by atoms with van der Waals surface area (Å²) in [6.45, 7) is 4.91. The van der Waals surface area contributed by atoms with Gasteiger partial charge in [-0.05, 0) is 12.5 Å². The summed E-state index contributed by atoms with van der Waals surface area (Å²) in [5.74, 6) is -0.194. The van der Waals surface area contributed by atoms with Crippen LogP contribution in [0.1, 0.15) is 12.5 Å². The van der Waals surface area contributed by atoms with E-state index < -0.39 is 6.10 Å². The lowest BCUT2D eigenvalue weighted by molar-refractivity contribution is -0.114. The molecule has 0 heterocycles. The van der Waals surface area contributed by atoms with E-state index in [1.165, 1.54) is 6.92 Å². The molecular formula is C13H14O2. The molecule has 0 bridgehead atoms. The van der Waals surface area contributed by atoms with Crippen LogP contribution in [0.15, 0.2) is 48.6 Å². The SMILES string of the molecule is C=C(C(C)=O)C(O)/C=C/c1ccccc1. The Balaban J connectivity index is 2.66. The first kappa shape index (κ1) is 11.4. The van der Waals surface area contributed by atoms with Gasteiger partial charge in [0.25, 0.3) is 0 Å². The van der Waals surface area contributed by atoms with E-state index in [0.717, 1.165) is 5.56 Å². The lowest BCUT2D eigenvalue weighted by Crippen LogP contribution is -2.11. The van der Waals surface area contributed by atoms with Gasteiger partial charge in [-0.25, -0.2) is 0 Å². The van der Waals surface area contributed by atoms with Gasteiger partial charge >= 0.3 is 0 Å². The summed E-state index contributed by atoms with van der Waals surface area (Å²) in [5.41, 5.74) is 1.19. The van der Waals surface area contributed by atoms with Crippen LogP contribution < -0.4 is 0 Å². The van der Waals surface area contributed by atoms with Crippen molar-refractivity contribution in [3.8, 4) is 0 Å².